The minimum absolute atomic E-state index is 0.466. The lowest BCUT2D eigenvalue weighted by molar-refractivity contribution is -0.171. The van der Waals surface area contributed by atoms with Gasteiger partial charge in [-0.15, -0.1) is 0 Å². The molecule has 1 N–H and O–H groups in total. The zero-order chi connectivity index (χ0) is 13.9. The molecule has 0 unspecified atom stereocenters. The van der Waals surface area contributed by atoms with Crippen LogP contribution in [0.3, 0.4) is 0 Å². The van der Waals surface area contributed by atoms with E-state index in [4.69, 9.17) is 23.2 Å². The zero-order valence-corrected chi connectivity index (χ0v) is 13.0. The molecule has 3 heteroatoms. The number of halogens is 2. The molecule has 0 aromatic heterocycles. The maximum Gasteiger partial charge on any atom is 0.0744 e. The van der Waals surface area contributed by atoms with Gasteiger partial charge in [0.2, 0.25) is 0 Å². The van der Waals surface area contributed by atoms with Crippen LogP contribution in [-0.4, -0.2) is 10.7 Å². The highest BCUT2D eigenvalue weighted by Crippen LogP contribution is 2.59. The predicted molar refractivity (Wildman–Crippen MR) is 82.2 cm³/mol. The van der Waals surface area contributed by atoms with E-state index in [-0.39, 0.29) is 0 Å². The van der Waals surface area contributed by atoms with Crippen LogP contribution in [-0.2, 0) is 6.42 Å². The summed E-state index contributed by atoms with van der Waals surface area (Å²) in [6, 6.07) is 5.76. The Morgan fingerprint density at radius 3 is 2.20 bits per heavy atom. The summed E-state index contributed by atoms with van der Waals surface area (Å²) < 4.78 is 0. The molecule has 4 saturated carbocycles. The highest BCUT2D eigenvalue weighted by Gasteiger charge is 2.56. The summed E-state index contributed by atoms with van der Waals surface area (Å²) in [5.41, 5.74) is 0.455. The van der Waals surface area contributed by atoms with Gasteiger partial charge >= 0.3 is 0 Å². The Labute approximate surface area is 130 Å². The van der Waals surface area contributed by atoms with Gasteiger partial charge in [0.15, 0.2) is 0 Å². The Morgan fingerprint density at radius 1 is 1.00 bits per heavy atom. The lowest BCUT2D eigenvalue weighted by Gasteiger charge is -2.59. The lowest BCUT2D eigenvalue weighted by Crippen LogP contribution is -2.58. The summed E-state index contributed by atoms with van der Waals surface area (Å²) in [5, 5.41) is 12.6. The van der Waals surface area contributed by atoms with E-state index in [0.717, 1.165) is 17.4 Å². The first-order valence-corrected chi connectivity index (χ1v) is 8.47. The Balaban J connectivity index is 1.66. The van der Waals surface area contributed by atoms with Crippen LogP contribution in [0, 0.1) is 23.7 Å². The molecule has 0 spiro atoms. The molecule has 4 bridgehead atoms. The Kier molecular flexibility index (Phi) is 3.11. The zero-order valence-electron chi connectivity index (χ0n) is 11.5. The van der Waals surface area contributed by atoms with Crippen molar-refractivity contribution >= 4 is 23.2 Å². The second kappa shape index (κ2) is 4.63. The summed E-state index contributed by atoms with van der Waals surface area (Å²) in [6.45, 7) is 0. The fraction of sp³-hybridized carbons (Fsp3) is 0.647. The Bertz CT molecular complexity index is 512. The van der Waals surface area contributed by atoms with Crippen molar-refractivity contribution in [1.29, 1.82) is 0 Å². The van der Waals surface area contributed by atoms with Crippen LogP contribution in [0.15, 0.2) is 18.2 Å². The quantitative estimate of drug-likeness (QED) is 0.837. The highest BCUT2D eigenvalue weighted by atomic mass is 35.5. The topological polar surface area (TPSA) is 20.2 Å². The van der Waals surface area contributed by atoms with Gasteiger partial charge in [0.25, 0.3) is 0 Å². The molecule has 4 aliphatic carbocycles. The molecule has 20 heavy (non-hydrogen) atoms. The average molecular weight is 311 g/mol. The first-order chi connectivity index (χ1) is 9.56. The SMILES string of the molecule is OC1(Cc2cccc(Cl)c2Cl)C2CC3CC(C2)CC1C3. The van der Waals surface area contributed by atoms with Crippen molar-refractivity contribution in [2.24, 2.45) is 23.7 Å². The fourth-order valence-corrected chi connectivity index (χ4v) is 5.67. The van der Waals surface area contributed by atoms with Gasteiger partial charge in [-0.05, 0) is 67.4 Å². The molecule has 0 atom stereocenters. The minimum atomic E-state index is -0.554. The van der Waals surface area contributed by atoms with E-state index in [2.05, 4.69) is 0 Å². The molecule has 108 valence electrons. The Hall–Kier alpha value is -0.240. The van der Waals surface area contributed by atoms with Crippen molar-refractivity contribution in [1.82, 2.24) is 0 Å². The number of benzene rings is 1. The first kappa shape index (κ1) is 13.4. The largest absolute Gasteiger partial charge is 0.389 e. The maximum absolute atomic E-state index is 11.4. The molecule has 0 saturated heterocycles. The molecule has 4 fully saturated rings. The number of hydrogen-bond acceptors (Lipinski definition) is 1. The third-order valence-corrected chi connectivity index (χ3v) is 6.92. The summed E-state index contributed by atoms with van der Waals surface area (Å²) in [6.07, 6.45) is 6.91. The summed E-state index contributed by atoms with van der Waals surface area (Å²) in [5.74, 6) is 2.67. The highest BCUT2D eigenvalue weighted by molar-refractivity contribution is 6.42. The third-order valence-electron chi connectivity index (χ3n) is 6.06. The van der Waals surface area contributed by atoms with Crippen LogP contribution in [0.2, 0.25) is 10.0 Å². The smallest absolute Gasteiger partial charge is 0.0744 e. The minimum Gasteiger partial charge on any atom is -0.389 e. The van der Waals surface area contributed by atoms with Gasteiger partial charge in [-0.1, -0.05) is 35.3 Å². The molecule has 1 nitrogen and oxygen atoms in total. The van der Waals surface area contributed by atoms with Gasteiger partial charge < -0.3 is 5.11 Å². The molecule has 4 aliphatic rings. The van der Waals surface area contributed by atoms with Gasteiger partial charge in [-0.2, -0.15) is 0 Å². The van der Waals surface area contributed by atoms with Crippen LogP contribution in [0.4, 0.5) is 0 Å². The van der Waals surface area contributed by atoms with E-state index < -0.39 is 5.60 Å². The second-order valence-corrected chi connectivity index (χ2v) is 7.97. The summed E-state index contributed by atoms with van der Waals surface area (Å²) in [4.78, 5) is 0. The molecule has 1 aromatic rings. The fourth-order valence-electron chi connectivity index (χ4n) is 5.28. The first-order valence-electron chi connectivity index (χ1n) is 7.71. The number of hydrogen-bond donors (Lipinski definition) is 1. The van der Waals surface area contributed by atoms with Crippen molar-refractivity contribution in [3.05, 3.63) is 33.8 Å². The van der Waals surface area contributed by atoms with E-state index in [9.17, 15) is 5.11 Å². The van der Waals surface area contributed by atoms with Crippen molar-refractivity contribution in [2.45, 2.75) is 44.1 Å². The van der Waals surface area contributed by atoms with Crippen molar-refractivity contribution in [3.63, 3.8) is 0 Å². The lowest BCUT2D eigenvalue weighted by atomic mass is 9.49. The van der Waals surface area contributed by atoms with Crippen LogP contribution in [0.25, 0.3) is 0 Å². The van der Waals surface area contributed by atoms with E-state index >= 15 is 0 Å². The van der Waals surface area contributed by atoms with Gasteiger partial charge in [-0.3, -0.25) is 0 Å². The molecule has 0 amide bonds. The van der Waals surface area contributed by atoms with Crippen LogP contribution in [0.1, 0.15) is 37.7 Å². The van der Waals surface area contributed by atoms with Gasteiger partial charge in [0.05, 0.1) is 15.6 Å². The second-order valence-electron chi connectivity index (χ2n) is 7.19. The van der Waals surface area contributed by atoms with Crippen molar-refractivity contribution in [2.75, 3.05) is 0 Å². The monoisotopic (exact) mass is 310 g/mol. The van der Waals surface area contributed by atoms with E-state index in [1.807, 2.05) is 18.2 Å². The van der Waals surface area contributed by atoms with Gasteiger partial charge in [-0.25, -0.2) is 0 Å². The van der Waals surface area contributed by atoms with Crippen molar-refractivity contribution < 1.29 is 5.11 Å². The maximum atomic E-state index is 11.4. The molecule has 1 aromatic carbocycles. The average Bonchev–Trinajstić information content (AvgIpc) is 2.41. The van der Waals surface area contributed by atoms with Crippen molar-refractivity contribution in [3.8, 4) is 0 Å². The Morgan fingerprint density at radius 2 is 1.60 bits per heavy atom. The summed E-state index contributed by atoms with van der Waals surface area (Å²) in [7, 11) is 0. The standard InChI is InChI=1S/C17H20Cl2O/c18-15-3-1-2-12(16(15)19)9-17(20)13-5-10-4-11(7-13)8-14(17)6-10/h1-3,10-11,13-14,20H,4-9H2. The normalized spacial score (nSPS) is 42.1. The summed E-state index contributed by atoms with van der Waals surface area (Å²) >= 11 is 12.4. The van der Waals surface area contributed by atoms with Gasteiger partial charge in [0, 0.05) is 6.42 Å². The third kappa shape index (κ3) is 1.94. The van der Waals surface area contributed by atoms with E-state index in [1.54, 1.807) is 0 Å². The molecular formula is C17H20Cl2O. The van der Waals surface area contributed by atoms with Crippen LogP contribution < -0.4 is 0 Å². The number of aliphatic hydroxyl groups is 1. The molecule has 5 rings (SSSR count). The van der Waals surface area contributed by atoms with Crippen LogP contribution >= 0.6 is 23.2 Å². The van der Waals surface area contributed by atoms with Crippen LogP contribution in [0.5, 0.6) is 0 Å². The predicted octanol–water partition coefficient (Wildman–Crippen LogP) is 4.72. The molecule has 0 radical (unpaired) electrons. The van der Waals surface area contributed by atoms with E-state index in [0.29, 0.717) is 28.3 Å². The molecular weight excluding hydrogens is 291 g/mol. The molecule has 0 aliphatic heterocycles. The van der Waals surface area contributed by atoms with E-state index in [1.165, 1.54) is 32.1 Å². The molecule has 0 heterocycles. The number of rotatable bonds is 2. The van der Waals surface area contributed by atoms with Gasteiger partial charge in [0.1, 0.15) is 0 Å².